The monoisotopic (exact) mass is 252 g/mol. The van der Waals surface area contributed by atoms with E-state index >= 15 is 0 Å². The largest absolute Gasteiger partial charge is 0.479 e. The minimum absolute atomic E-state index is 0.0564. The molecule has 1 aliphatic rings. The van der Waals surface area contributed by atoms with Crippen molar-refractivity contribution in [3.8, 4) is 5.75 Å². The first-order chi connectivity index (χ1) is 8.66. The second-order valence-corrected chi connectivity index (χ2v) is 4.50. The molecule has 3 N–H and O–H groups in total. The molecule has 0 aromatic heterocycles. The molecule has 0 unspecified atom stereocenters. The highest BCUT2D eigenvalue weighted by Gasteiger charge is 2.17. The normalized spacial score (nSPS) is 15.6. The smallest absolute Gasteiger partial charge is 0.258 e. The van der Waals surface area contributed by atoms with Gasteiger partial charge in [0.15, 0.2) is 18.2 Å². The van der Waals surface area contributed by atoms with Gasteiger partial charge in [-0.3, -0.25) is 4.79 Å². The zero-order valence-electron chi connectivity index (χ0n) is 10.1. The molecule has 0 spiro atoms. The third kappa shape index (κ3) is 3.12. The van der Waals surface area contributed by atoms with E-state index in [0.717, 1.165) is 25.7 Å². The third-order valence-electron chi connectivity index (χ3n) is 3.07. The Morgan fingerprint density at radius 1 is 1.44 bits per heavy atom. The summed E-state index contributed by atoms with van der Waals surface area (Å²) in [6.45, 7) is -0.207. The number of carbonyl (C=O) groups excluding carboxylic acids is 1. The third-order valence-corrected chi connectivity index (χ3v) is 3.07. The average molecular weight is 252 g/mol. The average Bonchev–Trinajstić information content (AvgIpc) is 2.81. The van der Waals surface area contributed by atoms with E-state index in [1.54, 1.807) is 0 Å². The molecule has 2 rings (SSSR count). The lowest BCUT2D eigenvalue weighted by Crippen LogP contribution is -2.36. The van der Waals surface area contributed by atoms with Crippen LogP contribution >= 0.6 is 0 Å². The fourth-order valence-electron chi connectivity index (χ4n) is 2.16. The van der Waals surface area contributed by atoms with Gasteiger partial charge in [-0.2, -0.15) is 0 Å². The van der Waals surface area contributed by atoms with Gasteiger partial charge in [0.25, 0.3) is 5.91 Å². The number of nitrogens with two attached hydrogens (primary N) is 1. The number of anilines is 1. The molecule has 0 saturated heterocycles. The summed E-state index contributed by atoms with van der Waals surface area (Å²) < 4.78 is 18.5. The highest BCUT2D eigenvalue weighted by atomic mass is 19.1. The van der Waals surface area contributed by atoms with E-state index in [0.29, 0.717) is 0 Å². The van der Waals surface area contributed by atoms with Crippen molar-refractivity contribution in [1.29, 1.82) is 0 Å². The van der Waals surface area contributed by atoms with Crippen LogP contribution in [0.2, 0.25) is 0 Å². The molecule has 0 aliphatic heterocycles. The Labute approximate surface area is 105 Å². The summed E-state index contributed by atoms with van der Waals surface area (Å²) in [6.07, 6.45) is 4.30. The Balaban J connectivity index is 1.85. The van der Waals surface area contributed by atoms with Crippen LogP contribution in [-0.4, -0.2) is 18.6 Å². The molecular weight excluding hydrogens is 235 g/mol. The Morgan fingerprint density at radius 3 is 2.83 bits per heavy atom. The van der Waals surface area contributed by atoms with Crippen LogP contribution in [0.4, 0.5) is 10.1 Å². The number of ether oxygens (including phenoxy) is 1. The van der Waals surface area contributed by atoms with Crippen molar-refractivity contribution in [2.24, 2.45) is 0 Å². The number of hydrogen-bond donors (Lipinski definition) is 2. The number of nitrogens with one attached hydrogen (secondary N) is 1. The van der Waals surface area contributed by atoms with Crippen LogP contribution in [0.1, 0.15) is 25.7 Å². The van der Waals surface area contributed by atoms with Crippen LogP contribution in [0, 0.1) is 5.82 Å². The van der Waals surface area contributed by atoms with Gasteiger partial charge in [0.1, 0.15) is 0 Å². The summed E-state index contributed by atoms with van der Waals surface area (Å²) >= 11 is 0. The van der Waals surface area contributed by atoms with Crippen molar-refractivity contribution in [3.63, 3.8) is 0 Å². The number of benzene rings is 1. The fraction of sp³-hybridized carbons (Fsp3) is 0.462. The lowest BCUT2D eigenvalue weighted by molar-refractivity contribution is -0.123. The molecule has 98 valence electrons. The molecule has 0 bridgehead atoms. The summed E-state index contributed by atoms with van der Waals surface area (Å²) in [5, 5.41) is 2.86. The molecular formula is C13H17FN2O2. The molecule has 1 aromatic carbocycles. The molecule has 1 aromatic rings. The molecule has 5 heteroatoms. The summed E-state index contributed by atoms with van der Waals surface area (Å²) in [5.74, 6) is -0.840. The lowest BCUT2D eigenvalue weighted by Gasteiger charge is -2.13. The first-order valence-corrected chi connectivity index (χ1v) is 6.13. The van der Waals surface area contributed by atoms with Gasteiger partial charge < -0.3 is 15.8 Å². The van der Waals surface area contributed by atoms with Gasteiger partial charge in [-0.05, 0) is 25.0 Å². The van der Waals surface area contributed by atoms with E-state index in [2.05, 4.69) is 5.32 Å². The molecule has 18 heavy (non-hydrogen) atoms. The van der Waals surface area contributed by atoms with E-state index in [4.69, 9.17) is 10.5 Å². The zero-order chi connectivity index (χ0) is 13.0. The molecule has 0 atom stereocenters. The molecule has 1 amide bonds. The van der Waals surface area contributed by atoms with Gasteiger partial charge in [-0.25, -0.2) is 4.39 Å². The van der Waals surface area contributed by atoms with E-state index in [1.807, 2.05) is 0 Å². The van der Waals surface area contributed by atoms with Gasteiger partial charge >= 0.3 is 0 Å². The van der Waals surface area contributed by atoms with Crippen LogP contribution in [0.15, 0.2) is 18.2 Å². The minimum atomic E-state index is -0.552. The van der Waals surface area contributed by atoms with E-state index < -0.39 is 5.82 Å². The number of amides is 1. The number of rotatable bonds is 4. The van der Waals surface area contributed by atoms with E-state index in [9.17, 15) is 9.18 Å². The first kappa shape index (κ1) is 12.7. The van der Waals surface area contributed by atoms with Crippen molar-refractivity contribution in [2.75, 3.05) is 12.3 Å². The summed E-state index contributed by atoms with van der Waals surface area (Å²) in [7, 11) is 0. The first-order valence-electron chi connectivity index (χ1n) is 6.13. The van der Waals surface area contributed by atoms with Gasteiger partial charge in [0, 0.05) is 6.04 Å². The summed E-state index contributed by atoms with van der Waals surface area (Å²) in [6, 6.07) is 4.52. The summed E-state index contributed by atoms with van der Waals surface area (Å²) in [5.41, 5.74) is 5.77. The standard InChI is InChI=1S/C13H17FN2O2/c14-10-6-3-7-11(15)13(10)18-8-12(17)16-9-4-1-2-5-9/h3,6-7,9H,1-2,4-5,8,15H2,(H,16,17). The van der Waals surface area contributed by atoms with Gasteiger partial charge in [-0.1, -0.05) is 18.9 Å². The Kier molecular flexibility index (Phi) is 4.02. The number of nitrogen functional groups attached to an aromatic ring is 1. The Hall–Kier alpha value is -1.78. The highest BCUT2D eigenvalue weighted by Crippen LogP contribution is 2.24. The van der Waals surface area contributed by atoms with Crippen molar-refractivity contribution >= 4 is 11.6 Å². The number of carbonyl (C=O) groups is 1. The maximum absolute atomic E-state index is 13.4. The van der Waals surface area contributed by atoms with E-state index in [-0.39, 0.29) is 30.0 Å². The van der Waals surface area contributed by atoms with Gasteiger partial charge in [0.05, 0.1) is 5.69 Å². The molecule has 1 fully saturated rings. The van der Waals surface area contributed by atoms with E-state index in [1.165, 1.54) is 18.2 Å². The van der Waals surface area contributed by atoms with Gasteiger partial charge in [-0.15, -0.1) is 0 Å². The predicted octanol–water partition coefficient (Wildman–Crippen LogP) is 1.85. The molecule has 1 aliphatic carbocycles. The second-order valence-electron chi connectivity index (χ2n) is 4.50. The Morgan fingerprint density at radius 2 is 2.17 bits per heavy atom. The maximum atomic E-state index is 13.4. The zero-order valence-corrected chi connectivity index (χ0v) is 10.1. The Bertz CT molecular complexity index is 411. The van der Waals surface area contributed by atoms with Crippen LogP contribution in [-0.2, 0) is 4.79 Å². The van der Waals surface area contributed by atoms with Crippen molar-refractivity contribution < 1.29 is 13.9 Å². The van der Waals surface area contributed by atoms with Crippen LogP contribution < -0.4 is 15.8 Å². The molecule has 1 saturated carbocycles. The van der Waals surface area contributed by atoms with Crippen LogP contribution in [0.25, 0.3) is 0 Å². The van der Waals surface area contributed by atoms with Crippen molar-refractivity contribution in [1.82, 2.24) is 5.32 Å². The second kappa shape index (κ2) is 5.71. The molecule has 4 nitrogen and oxygen atoms in total. The molecule has 0 radical (unpaired) electrons. The topological polar surface area (TPSA) is 64.3 Å². The van der Waals surface area contributed by atoms with Crippen LogP contribution in [0.5, 0.6) is 5.75 Å². The lowest BCUT2D eigenvalue weighted by atomic mass is 10.2. The predicted molar refractivity (Wildman–Crippen MR) is 66.7 cm³/mol. The van der Waals surface area contributed by atoms with Crippen molar-refractivity contribution in [3.05, 3.63) is 24.0 Å². The number of para-hydroxylation sites is 1. The van der Waals surface area contributed by atoms with Crippen LogP contribution in [0.3, 0.4) is 0 Å². The van der Waals surface area contributed by atoms with Crippen molar-refractivity contribution in [2.45, 2.75) is 31.7 Å². The van der Waals surface area contributed by atoms with Gasteiger partial charge in [0.2, 0.25) is 0 Å². The summed E-state index contributed by atoms with van der Waals surface area (Å²) in [4.78, 5) is 11.6. The number of halogens is 1. The highest BCUT2D eigenvalue weighted by molar-refractivity contribution is 5.78. The maximum Gasteiger partial charge on any atom is 0.258 e. The SMILES string of the molecule is Nc1cccc(F)c1OCC(=O)NC1CCCC1. The quantitative estimate of drug-likeness (QED) is 0.804. The molecule has 0 heterocycles. The fourth-order valence-corrected chi connectivity index (χ4v) is 2.16. The minimum Gasteiger partial charge on any atom is -0.479 e. The number of hydrogen-bond acceptors (Lipinski definition) is 3.